The summed E-state index contributed by atoms with van der Waals surface area (Å²) in [5.74, 6) is -0.760. The van der Waals surface area contributed by atoms with Gasteiger partial charge in [0.05, 0.1) is 12.4 Å². The van der Waals surface area contributed by atoms with Gasteiger partial charge in [-0.2, -0.15) is 0 Å². The number of fused-ring (bicyclic) bond motifs is 1. The van der Waals surface area contributed by atoms with Crippen LogP contribution in [0.2, 0.25) is 0 Å². The Morgan fingerprint density at radius 1 is 1.30 bits per heavy atom. The molecular formula is C11H13N5O4. The highest BCUT2D eigenvalue weighted by molar-refractivity contribution is 5.82. The highest BCUT2D eigenvalue weighted by Crippen LogP contribution is 2.30. The van der Waals surface area contributed by atoms with E-state index in [1.807, 2.05) is 0 Å². The smallest absolute Gasteiger partial charge is 0.275 e. The Morgan fingerprint density at radius 3 is 2.70 bits per heavy atom. The van der Waals surface area contributed by atoms with E-state index in [0.29, 0.717) is 11.1 Å². The van der Waals surface area contributed by atoms with Crippen LogP contribution < -0.4 is 16.6 Å². The molecule has 2 aromatic heterocycles. The molecule has 1 amide bonds. The van der Waals surface area contributed by atoms with Crippen LogP contribution in [0.1, 0.15) is 11.6 Å². The number of H-pyrrole nitrogens is 2. The van der Waals surface area contributed by atoms with E-state index in [-0.39, 0.29) is 11.1 Å². The number of nitrogens with zero attached hydrogens (tertiary/aromatic N) is 1. The molecule has 1 saturated heterocycles. The van der Waals surface area contributed by atoms with Crippen molar-refractivity contribution in [3.63, 3.8) is 0 Å². The summed E-state index contributed by atoms with van der Waals surface area (Å²) >= 11 is 0. The van der Waals surface area contributed by atoms with Crippen LogP contribution in [0, 0.1) is 0 Å². The number of hydrogen-bond donors (Lipinski definition) is 6. The zero-order valence-corrected chi connectivity index (χ0v) is 10.2. The number of amides is 1. The maximum absolute atomic E-state index is 11.6. The Balaban J connectivity index is 2.06. The van der Waals surface area contributed by atoms with E-state index in [1.165, 1.54) is 12.5 Å². The molecule has 0 aromatic carbocycles. The second-order valence-corrected chi connectivity index (χ2v) is 4.70. The fraction of sp³-hybridized carbons (Fsp3) is 0.364. The maximum Gasteiger partial charge on any atom is 0.275 e. The number of carbonyl (C=O) groups is 1. The largest absolute Gasteiger partial charge is 0.388 e. The second-order valence-electron chi connectivity index (χ2n) is 4.70. The quantitative estimate of drug-likeness (QED) is 0.356. The summed E-state index contributed by atoms with van der Waals surface area (Å²) in [5, 5.41) is 22.6. The number of aliphatic hydroxyl groups excluding tert-OH is 2. The van der Waals surface area contributed by atoms with Crippen molar-refractivity contribution in [3.8, 4) is 0 Å². The predicted octanol–water partition coefficient (Wildman–Crippen LogP) is -2.53. The number of aromatic amines is 2. The minimum atomic E-state index is -1.32. The number of aliphatic hydroxyl groups is 2. The van der Waals surface area contributed by atoms with Crippen molar-refractivity contribution in [1.82, 2.24) is 20.3 Å². The van der Waals surface area contributed by atoms with Crippen molar-refractivity contribution in [3.05, 3.63) is 28.4 Å². The molecule has 106 valence electrons. The Bertz CT molecular complexity index is 723. The first-order chi connectivity index (χ1) is 9.50. The second kappa shape index (κ2) is 4.40. The molecule has 3 rings (SSSR count). The molecule has 0 unspecified atom stereocenters. The van der Waals surface area contributed by atoms with E-state index >= 15 is 0 Å². The SMILES string of the molecule is NC(=O)[C@H]1N[C@@H](c2c[nH]c3c(=O)[nH]cnc23)[C@H](O)[C@@H]1O. The third-order valence-electron chi connectivity index (χ3n) is 3.53. The number of nitrogens with one attached hydrogen (secondary N) is 3. The van der Waals surface area contributed by atoms with Gasteiger partial charge < -0.3 is 25.9 Å². The number of aromatic nitrogens is 3. The molecule has 9 heteroatoms. The first kappa shape index (κ1) is 12.8. The topological polar surface area (TPSA) is 157 Å². The lowest BCUT2D eigenvalue weighted by Crippen LogP contribution is -2.44. The van der Waals surface area contributed by atoms with Gasteiger partial charge in [-0.05, 0) is 0 Å². The van der Waals surface area contributed by atoms with Gasteiger partial charge in [-0.15, -0.1) is 0 Å². The van der Waals surface area contributed by atoms with Crippen LogP contribution >= 0.6 is 0 Å². The molecule has 0 radical (unpaired) electrons. The van der Waals surface area contributed by atoms with Gasteiger partial charge in [0.2, 0.25) is 5.91 Å². The lowest BCUT2D eigenvalue weighted by Gasteiger charge is -2.14. The van der Waals surface area contributed by atoms with E-state index in [2.05, 4.69) is 20.3 Å². The average Bonchev–Trinajstić information content (AvgIpc) is 2.94. The predicted molar refractivity (Wildman–Crippen MR) is 67.6 cm³/mol. The fourth-order valence-corrected chi connectivity index (χ4v) is 2.52. The minimum absolute atomic E-state index is 0.258. The summed E-state index contributed by atoms with van der Waals surface area (Å²) in [6, 6.07) is -1.80. The van der Waals surface area contributed by atoms with Gasteiger partial charge in [-0.1, -0.05) is 0 Å². The third-order valence-corrected chi connectivity index (χ3v) is 3.53. The summed E-state index contributed by atoms with van der Waals surface area (Å²) in [6.07, 6.45) is 0.201. The first-order valence-electron chi connectivity index (χ1n) is 5.97. The highest BCUT2D eigenvalue weighted by Gasteiger charge is 2.45. The molecule has 0 saturated carbocycles. The molecule has 9 nitrogen and oxygen atoms in total. The van der Waals surface area contributed by atoms with Crippen molar-refractivity contribution in [2.24, 2.45) is 5.73 Å². The van der Waals surface area contributed by atoms with Crippen molar-refractivity contribution >= 4 is 16.9 Å². The molecule has 0 aliphatic carbocycles. The van der Waals surface area contributed by atoms with Crippen molar-refractivity contribution in [2.45, 2.75) is 24.3 Å². The average molecular weight is 279 g/mol. The summed E-state index contributed by atoms with van der Waals surface area (Å²) in [4.78, 5) is 32.0. The molecule has 2 aromatic rings. The Morgan fingerprint density at radius 2 is 2.05 bits per heavy atom. The molecule has 7 N–H and O–H groups in total. The van der Waals surface area contributed by atoms with E-state index in [0.717, 1.165) is 0 Å². The Kier molecular flexibility index (Phi) is 2.82. The van der Waals surface area contributed by atoms with E-state index in [9.17, 15) is 19.8 Å². The molecule has 20 heavy (non-hydrogen) atoms. The standard InChI is InChI=1S/C11H13N5O4/c12-10(19)7-9(18)8(17)5(16-7)3-1-13-6-4(3)14-2-15-11(6)20/h1-2,5,7-9,13,16-18H,(H2,12,19)(H,14,15,20)/t5-,7-,8-,9+/m0/s1. The molecule has 1 aliphatic rings. The number of primary amides is 1. The Hall–Kier alpha value is -2.23. The van der Waals surface area contributed by atoms with Crippen LogP contribution in [-0.4, -0.2) is 49.3 Å². The third kappa shape index (κ3) is 1.72. The van der Waals surface area contributed by atoms with E-state index < -0.39 is 30.2 Å². The van der Waals surface area contributed by atoms with Crippen molar-refractivity contribution < 1.29 is 15.0 Å². The molecule has 1 aliphatic heterocycles. The van der Waals surface area contributed by atoms with Crippen LogP contribution in [0.15, 0.2) is 17.3 Å². The molecular weight excluding hydrogens is 266 g/mol. The summed E-state index contributed by atoms with van der Waals surface area (Å²) in [5.41, 5.74) is 5.91. The summed E-state index contributed by atoms with van der Waals surface area (Å²) in [7, 11) is 0. The van der Waals surface area contributed by atoms with Crippen LogP contribution in [0.25, 0.3) is 11.0 Å². The van der Waals surface area contributed by atoms with Crippen LogP contribution in [-0.2, 0) is 4.79 Å². The monoisotopic (exact) mass is 279 g/mol. The van der Waals surface area contributed by atoms with Gasteiger partial charge in [0, 0.05) is 11.8 Å². The van der Waals surface area contributed by atoms with Gasteiger partial charge in [0.1, 0.15) is 29.3 Å². The summed E-state index contributed by atoms with van der Waals surface area (Å²) < 4.78 is 0. The highest BCUT2D eigenvalue weighted by atomic mass is 16.3. The van der Waals surface area contributed by atoms with Crippen molar-refractivity contribution in [2.75, 3.05) is 0 Å². The number of rotatable bonds is 2. The zero-order valence-electron chi connectivity index (χ0n) is 10.2. The van der Waals surface area contributed by atoms with Crippen LogP contribution in [0.3, 0.4) is 0 Å². The molecule has 0 spiro atoms. The molecule has 0 bridgehead atoms. The first-order valence-corrected chi connectivity index (χ1v) is 5.97. The molecule has 3 heterocycles. The lowest BCUT2D eigenvalue weighted by molar-refractivity contribution is -0.122. The molecule has 1 fully saturated rings. The number of nitrogens with two attached hydrogens (primary N) is 1. The van der Waals surface area contributed by atoms with Gasteiger partial charge in [0.25, 0.3) is 5.56 Å². The Labute approximate surface area is 111 Å². The minimum Gasteiger partial charge on any atom is -0.388 e. The van der Waals surface area contributed by atoms with E-state index in [4.69, 9.17) is 5.73 Å². The lowest BCUT2D eigenvalue weighted by atomic mass is 10.0. The van der Waals surface area contributed by atoms with Crippen LogP contribution in [0.4, 0.5) is 0 Å². The fourth-order valence-electron chi connectivity index (χ4n) is 2.52. The molecule has 4 atom stereocenters. The van der Waals surface area contributed by atoms with Gasteiger partial charge in [-0.3, -0.25) is 14.9 Å². The van der Waals surface area contributed by atoms with Crippen LogP contribution in [0.5, 0.6) is 0 Å². The van der Waals surface area contributed by atoms with Gasteiger partial charge in [-0.25, -0.2) is 4.98 Å². The number of hydrogen-bond acceptors (Lipinski definition) is 6. The van der Waals surface area contributed by atoms with Gasteiger partial charge in [0.15, 0.2) is 0 Å². The normalized spacial score (nSPS) is 29.9. The van der Waals surface area contributed by atoms with Crippen molar-refractivity contribution in [1.29, 1.82) is 0 Å². The number of carbonyl (C=O) groups excluding carboxylic acids is 1. The maximum atomic E-state index is 11.6. The summed E-state index contributed by atoms with van der Waals surface area (Å²) in [6.45, 7) is 0. The zero-order chi connectivity index (χ0) is 14.4. The van der Waals surface area contributed by atoms with Gasteiger partial charge >= 0.3 is 0 Å². The van der Waals surface area contributed by atoms with E-state index in [1.54, 1.807) is 0 Å².